The largest absolute Gasteiger partial charge is 0.496 e. The Labute approximate surface area is 128 Å². The molecular formula is C15H26ClNO3. The Hall–Kier alpha value is -1.13. The van der Waals surface area contributed by atoms with Gasteiger partial charge in [0.2, 0.25) is 0 Å². The van der Waals surface area contributed by atoms with E-state index >= 15 is 0 Å². The van der Waals surface area contributed by atoms with Crippen LogP contribution in [-0.4, -0.2) is 27.9 Å². The maximum absolute atomic E-state index is 5.39. The fourth-order valence-electron chi connectivity index (χ4n) is 1.95. The van der Waals surface area contributed by atoms with Crippen LogP contribution in [0.15, 0.2) is 12.1 Å². The van der Waals surface area contributed by atoms with Gasteiger partial charge in [-0.25, -0.2) is 0 Å². The number of unbranched alkanes of at least 4 members (excludes halogenated alkanes) is 2. The number of hydrogen-bond donors (Lipinski definition) is 1. The second kappa shape index (κ2) is 10.6. The van der Waals surface area contributed by atoms with Crippen molar-refractivity contribution in [2.24, 2.45) is 0 Å². The van der Waals surface area contributed by atoms with Gasteiger partial charge >= 0.3 is 0 Å². The van der Waals surface area contributed by atoms with E-state index in [-0.39, 0.29) is 12.4 Å². The summed E-state index contributed by atoms with van der Waals surface area (Å²) in [5, 5.41) is 3.42. The molecule has 0 saturated carbocycles. The SMILES string of the molecule is CCCCCNCc1cc(OC)c(OC)cc1OC.Cl. The highest BCUT2D eigenvalue weighted by Crippen LogP contribution is 2.34. The summed E-state index contributed by atoms with van der Waals surface area (Å²) in [4.78, 5) is 0. The van der Waals surface area contributed by atoms with Crippen LogP contribution in [0.5, 0.6) is 17.2 Å². The third-order valence-corrected chi connectivity index (χ3v) is 3.06. The van der Waals surface area contributed by atoms with E-state index in [0.717, 1.165) is 30.2 Å². The Bertz CT molecular complexity index is 386. The van der Waals surface area contributed by atoms with Gasteiger partial charge in [0.15, 0.2) is 11.5 Å². The number of halogens is 1. The third-order valence-electron chi connectivity index (χ3n) is 3.06. The summed E-state index contributed by atoms with van der Waals surface area (Å²) in [5.74, 6) is 2.24. The summed E-state index contributed by atoms with van der Waals surface area (Å²) in [7, 11) is 4.94. The normalized spacial score (nSPS) is 9.80. The molecule has 1 rings (SSSR count). The molecule has 0 aliphatic heterocycles. The van der Waals surface area contributed by atoms with E-state index in [2.05, 4.69) is 12.2 Å². The minimum absolute atomic E-state index is 0. The molecule has 0 bridgehead atoms. The molecule has 1 aromatic rings. The average molecular weight is 304 g/mol. The fraction of sp³-hybridized carbons (Fsp3) is 0.600. The number of rotatable bonds is 9. The van der Waals surface area contributed by atoms with E-state index in [4.69, 9.17) is 14.2 Å². The Morgan fingerprint density at radius 3 is 2.05 bits per heavy atom. The van der Waals surface area contributed by atoms with Gasteiger partial charge in [-0.2, -0.15) is 0 Å². The second-order valence-electron chi connectivity index (χ2n) is 4.40. The Kier molecular flexibility index (Phi) is 10.0. The minimum Gasteiger partial charge on any atom is -0.496 e. The summed E-state index contributed by atoms with van der Waals surface area (Å²) in [5.41, 5.74) is 1.08. The van der Waals surface area contributed by atoms with Crippen LogP contribution < -0.4 is 19.5 Å². The lowest BCUT2D eigenvalue weighted by Crippen LogP contribution is -2.15. The number of nitrogens with one attached hydrogen (secondary N) is 1. The van der Waals surface area contributed by atoms with E-state index in [1.807, 2.05) is 12.1 Å². The second-order valence-corrected chi connectivity index (χ2v) is 4.40. The van der Waals surface area contributed by atoms with Crippen LogP contribution >= 0.6 is 12.4 Å². The molecule has 4 nitrogen and oxygen atoms in total. The number of ether oxygens (including phenoxy) is 3. The van der Waals surface area contributed by atoms with Crippen molar-refractivity contribution in [3.8, 4) is 17.2 Å². The lowest BCUT2D eigenvalue weighted by atomic mass is 10.1. The molecule has 0 aromatic heterocycles. The van der Waals surface area contributed by atoms with Crippen molar-refractivity contribution < 1.29 is 14.2 Å². The molecule has 0 fully saturated rings. The molecule has 1 N–H and O–H groups in total. The first kappa shape index (κ1) is 18.9. The van der Waals surface area contributed by atoms with Crippen LogP contribution in [0.3, 0.4) is 0 Å². The van der Waals surface area contributed by atoms with E-state index < -0.39 is 0 Å². The van der Waals surface area contributed by atoms with Gasteiger partial charge < -0.3 is 19.5 Å². The molecule has 0 heterocycles. The Balaban J connectivity index is 0.00000361. The van der Waals surface area contributed by atoms with Gasteiger partial charge in [-0.05, 0) is 19.0 Å². The average Bonchev–Trinajstić information content (AvgIpc) is 2.46. The minimum atomic E-state index is 0. The van der Waals surface area contributed by atoms with Crippen molar-refractivity contribution >= 4 is 12.4 Å². The van der Waals surface area contributed by atoms with Crippen molar-refractivity contribution in [3.05, 3.63) is 17.7 Å². The first-order chi connectivity index (χ1) is 9.26. The van der Waals surface area contributed by atoms with Crippen LogP contribution in [-0.2, 0) is 6.54 Å². The summed E-state index contributed by atoms with van der Waals surface area (Å²) in [6.45, 7) is 4.00. The van der Waals surface area contributed by atoms with Gasteiger partial charge in [-0.1, -0.05) is 19.8 Å². The van der Waals surface area contributed by atoms with Gasteiger partial charge in [0.1, 0.15) is 5.75 Å². The van der Waals surface area contributed by atoms with Gasteiger partial charge in [0.05, 0.1) is 21.3 Å². The van der Waals surface area contributed by atoms with E-state index in [9.17, 15) is 0 Å². The summed E-state index contributed by atoms with van der Waals surface area (Å²) < 4.78 is 16.0. The first-order valence-electron chi connectivity index (χ1n) is 6.76. The Morgan fingerprint density at radius 1 is 0.900 bits per heavy atom. The zero-order valence-corrected chi connectivity index (χ0v) is 13.6. The van der Waals surface area contributed by atoms with Gasteiger partial charge in [0.25, 0.3) is 0 Å². The molecule has 0 radical (unpaired) electrons. The molecule has 0 spiro atoms. The predicted molar refractivity (Wildman–Crippen MR) is 84.6 cm³/mol. The molecule has 0 aliphatic carbocycles. The molecule has 0 aliphatic rings. The topological polar surface area (TPSA) is 39.7 Å². The van der Waals surface area contributed by atoms with E-state index in [1.165, 1.54) is 19.3 Å². The summed E-state index contributed by atoms with van der Waals surface area (Å²) in [6, 6.07) is 3.83. The van der Waals surface area contributed by atoms with Crippen molar-refractivity contribution in [2.45, 2.75) is 32.7 Å². The molecule has 0 unspecified atom stereocenters. The molecule has 20 heavy (non-hydrogen) atoms. The van der Waals surface area contributed by atoms with Crippen LogP contribution in [0.2, 0.25) is 0 Å². The van der Waals surface area contributed by atoms with Crippen LogP contribution in [0, 0.1) is 0 Å². The lowest BCUT2D eigenvalue weighted by molar-refractivity contribution is 0.347. The Morgan fingerprint density at radius 2 is 1.50 bits per heavy atom. The molecule has 1 aromatic carbocycles. The molecule has 0 atom stereocenters. The molecule has 116 valence electrons. The van der Waals surface area contributed by atoms with Gasteiger partial charge in [0, 0.05) is 18.2 Å². The summed E-state index contributed by atoms with van der Waals surface area (Å²) in [6.07, 6.45) is 3.70. The van der Waals surface area contributed by atoms with Crippen molar-refractivity contribution in [3.63, 3.8) is 0 Å². The van der Waals surface area contributed by atoms with Crippen LogP contribution in [0.1, 0.15) is 31.7 Å². The first-order valence-corrected chi connectivity index (χ1v) is 6.76. The number of benzene rings is 1. The highest BCUT2D eigenvalue weighted by atomic mass is 35.5. The van der Waals surface area contributed by atoms with Gasteiger partial charge in [-0.3, -0.25) is 0 Å². The number of hydrogen-bond acceptors (Lipinski definition) is 4. The predicted octanol–water partition coefficient (Wildman–Crippen LogP) is 3.41. The maximum atomic E-state index is 5.39. The lowest BCUT2D eigenvalue weighted by Gasteiger charge is -2.14. The van der Waals surface area contributed by atoms with Crippen LogP contribution in [0.25, 0.3) is 0 Å². The highest BCUT2D eigenvalue weighted by molar-refractivity contribution is 5.85. The molecule has 5 heteroatoms. The van der Waals surface area contributed by atoms with E-state index in [0.29, 0.717) is 5.75 Å². The highest BCUT2D eigenvalue weighted by Gasteiger charge is 2.11. The zero-order valence-electron chi connectivity index (χ0n) is 12.8. The smallest absolute Gasteiger partial charge is 0.164 e. The molecular weight excluding hydrogens is 278 g/mol. The maximum Gasteiger partial charge on any atom is 0.164 e. The van der Waals surface area contributed by atoms with Crippen molar-refractivity contribution in [1.29, 1.82) is 0 Å². The monoisotopic (exact) mass is 303 g/mol. The van der Waals surface area contributed by atoms with Gasteiger partial charge in [-0.15, -0.1) is 12.4 Å². The third kappa shape index (κ3) is 5.47. The fourth-order valence-corrected chi connectivity index (χ4v) is 1.95. The van der Waals surface area contributed by atoms with Crippen LogP contribution in [0.4, 0.5) is 0 Å². The van der Waals surface area contributed by atoms with Crippen molar-refractivity contribution in [2.75, 3.05) is 27.9 Å². The quantitative estimate of drug-likeness (QED) is 0.710. The summed E-state index contributed by atoms with van der Waals surface area (Å²) >= 11 is 0. The van der Waals surface area contributed by atoms with Crippen molar-refractivity contribution in [1.82, 2.24) is 5.32 Å². The standard InChI is InChI=1S/C15H25NO3.ClH/c1-5-6-7-8-16-11-12-9-14(18-3)15(19-4)10-13(12)17-2;/h9-10,16H,5-8,11H2,1-4H3;1H. The molecule has 0 saturated heterocycles. The molecule has 0 amide bonds. The number of methoxy groups -OCH3 is 3. The zero-order chi connectivity index (χ0) is 14.1. The van der Waals surface area contributed by atoms with E-state index in [1.54, 1.807) is 21.3 Å².